The molecule has 2 aromatic rings. The molecular formula is C43H60O2Si. The molecule has 0 aromatic heterocycles. The third kappa shape index (κ3) is 5.80. The van der Waals surface area contributed by atoms with E-state index in [1.54, 1.807) is 29.4 Å². The van der Waals surface area contributed by atoms with E-state index in [9.17, 15) is 0 Å². The highest BCUT2D eigenvalue weighted by Crippen LogP contribution is 2.62. The maximum Gasteiger partial charge on any atom is 0.131 e. The Morgan fingerprint density at radius 2 is 1.59 bits per heavy atom. The molecule has 0 bridgehead atoms. The minimum Gasteiger partial charge on any atom is -0.497 e. The Labute approximate surface area is 282 Å². The smallest absolute Gasteiger partial charge is 0.131 e. The molecule has 2 nitrogen and oxygen atoms in total. The van der Waals surface area contributed by atoms with Crippen LogP contribution in [0.3, 0.4) is 0 Å². The van der Waals surface area contributed by atoms with Crippen LogP contribution < -0.4 is 19.9 Å². The van der Waals surface area contributed by atoms with Crippen molar-refractivity contribution in [1.29, 1.82) is 0 Å². The summed E-state index contributed by atoms with van der Waals surface area (Å²) in [5, 5.41) is 2.81. The maximum absolute atomic E-state index is 6.70. The van der Waals surface area contributed by atoms with Gasteiger partial charge >= 0.3 is 0 Å². The second kappa shape index (κ2) is 12.0. The summed E-state index contributed by atoms with van der Waals surface area (Å²) in [5.74, 6) is 1.84. The van der Waals surface area contributed by atoms with Gasteiger partial charge in [0.1, 0.15) is 18.1 Å². The fourth-order valence-corrected chi connectivity index (χ4v) is 11.8. The fourth-order valence-electron chi connectivity index (χ4n) is 8.61. The van der Waals surface area contributed by atoms with E-state index in [1.165, 1.54) is 45.6 Å². The number of rotatable bonds is 8. The second-order valence-electron chi connectivity index (χ2n) is 17.3. The van der Waals surface area contributed by atoms with E-state index in [4.69, 9.17) is 9.47 Å². The molecule has 1 unspecified atom stereocenters. The quantitative estimate of drug-likeness (QED) is 0.212. The number of allylic oxidation sites excluding steroid dienone is 4. The zero-order valence-corrected chi connectivity index (χ0v) is 32.4. The van der Waals surface area contributed by atoms with Crippen LogP contribution >= 0.6 is 0 Å². The van der Waals surface area contributed by atoms with E-state index < -0.39 is 8.80 Å². The molecule has 2 aromatic carbocycles. The molecule has 0 fully saturated rings. The number of fused-ring (bicyclic) bond motifs is 3. The zero-order chi connectivity index (χ0) is 34.0. The minimum absolute atomic E-state index is 0.0537. The average molecular weight is 637 g/mol. The van der Waals surface area contributed by atoms with Crippen molar-refractivity contribution in [3.8, 4) is 11.5 Å². The van der Waals surface area contributed by atoms with Crippen LogP contribution in [0.4, 0.5) is 0 Å². The van der Waals surface area contributed by atoms with Crippen molar-refractivity contribution in [2.45, 2.75) is 124 Å². The summed E-state index contributed by atoms with van der Waals surface area (Å²) in [6.07, 6.45) is 6.91. The summed E-state index contributed by atoms with van der Waals surface area (Å²) in [5.41, 5.74) is 12.1. The number of methoxy groups -OCH3 is 1. The van der Waals surface area contributed by atoms with Crippen LogP contribution in [0.2, 0.25) is 17.6 Å². The van der Waals surface area contributed by atoms with Crippen molar-refractivity contribution in [3.05, 3.63) is 92.9 Å². The van der Waals surface area contributed by atoms with Gasteiger partial charge in [-0.05, 0) is 85.1 Å². The predicted octanol–water partition coefficient (Wildman–Crippen LogP) is 9.94. The van der Waals surface area contributed by atoms with E-state index in [0.717, 1.165) is 23.5 Å². The van der Waals surface area contributed by atoms with Gasteiger partial charge in [-0.1, -0.05) is 132 Å². The third-order valence-electron chi connectivity index (χ3n) is 11.1. The first-order chi connectivity index (χ1) is 21.4. The Hall–Kier alpha value is -2.78. The van der Waals surface area contributed by atoms with Gasteiger partial charge in [-0.2, -0.15) is 0 Å². The molecule has 0 spiro atoms. The molecule has 3 aliphatic rings. The SMILES string of the molecule is C=CCOc1c(C2=c3ccc(C(C)(C)C)cc3=C3C(=C4CCC(C)(C)C=C4C3[SiH](CC)CC)C2(C)C)cc(OC)cc1C(C)(C)C. The summed E-state index contributed by atoms with van der Waals surface area (Å²) in [6, 6.07) is 14.5. The van der Waals surface area contributed by atoms with Crippen LogP contribution in [0.15, 0.2) is 65.8 Å². The molecule has 5 rings (SSSR count). The van der Waals surface area contributed by atoms with E-state index in [2.05, 4.69) is 126 Å². The van der Waals surface area contributed by atoms with E-state index in [1.807, 2.05) is 6.08 Å². The molecule has 46 heavy (non-hydrogen) atoms. The van der Waals surface area contributed by atoms with Crippen LogP contribution in [0.5, 0.6) is 11.5 Å². The Kier molecular flexibility index (Phi) is 9.03. The largest absolute Gasteiger partial charge is 0.497 e. The van der Waals surface area contributed by atoms with Gasteiger partial charge in [-0.25, -0.2) is 0 Å². The van der Waals surface area contributed by atoms with Gasteiger partial charge in [-0.3, -0.25) is 0 Å². The van der Waals surface area contributed by atoms with Gasteiger partial charge < -0.3 is 9.47 Å². The maximum atomic E-state index is 6.70. The zero-order valence-electron chi connectivity index (χ0n) is 31.3. The molecule has 1 atom stereocenters. The molecule has 3 heteroatoms. The summed E-state index contributed by atoms with van der Waals surface area (Å²) in [7, 11) is 0.646. The monoisotopic (exact) mass is 636 g/mol. The number of ether oxygens (including phenoxy) is 2. The second-order valence-corrected chi connectivity index (χ2v) is 21.1. The summed E-state index contributed by atoms with van der Waals surface area (Å²) >= 11 is 0. The number of hydrogen-bond donors (Lipinski definition) is 0. The highest BCUT2D eigenvalue weighted by atomic mass is 28.3. The number of benzene rings is 2. The van der Waals surface area contributed by atoms with Crippen LogP contribution in [0, 0.1) is 10.8 Å². The summed E-state index contributed by atoms with van der Waals surface area (Å²) < 4.78 is 12.7. The highest BCUT2D eigenvalue weighted by molar-refractivity contribution is 6.64. The van der Waals surface area contributed by atoms with Crippen LogP contribution in [-0.2, 0) is 10.8 Å². The first-order valence-corrected chi connectivity index (χ1v) is 20.0. The van der Waals surface area contributed by atoms with Crippen molar-refractivity contribution >= 4 is 19.9 Å². The fraction of sp³-hybridized carbons (Fsp3) is 0.535. The lowest BCUT2D eigenvalue weighted by Gasteiger charge is -2.39. The molecule has 0 heterocycles. The summed E-state index contributed by atoms with van der Waals surface area (Å²) in [6.45, 7) is 33.1. The first-order valence-electron chi connectivity index (χ1n) is 17.7. The lowest BCUT2D eigenvalue weighted by atomic mass is 9.66. The molecular weight excluding hydrogens is 577 g/mol. The Morgan fingerprint density at radius 1 is 0.913 bits per heavy atom. The van der Waals surface area contributed by atoms with Gasteiger partial charge in [0, 0.05) is 30.9 Å². The first kappa shape index (κ1) is 34.5. The van der Waals surface area contributed by atoms with Crippen molar-refractivity contribution in [2.75, 3.05) is 13.7 Å². The average Bonchev–Trinajstić information content (AvgIpc) is 3.29. The minimum atomic E-state index is -1.14. The van der Waals surface area contributed by atoms with E-state index in [0.29, 0.717) is 12.1 Å². The van der Waals surface area contributed by atoms with Gasteiger partial charge in [0.2, 0.25) is 0 Å². The van der Waals surface area contributed by atoms with E-state index >= 15 is 0 Å². The van der Waals surface area contributed by atoms with Gasteiger partial charge in [0.05, 0.1) is 7.11 Å². The molecule has 248 valence electrons. The Balaban J connectivity index is 2.06. The topological polar surface area (TPSA) is 18.5 Å². The molecule has 0 saturated carbocycles. The van der Waals surface area contributed by atoms with Crippen molar-refractivity contribution in [3.63, 3.8) is 0 Å². The van der Waals surface area contributed by atoms with E-state index in [-0.39, 0.29) is 21.7 Å². The summed E-state index contributed by atoms with van der Waals surface area (Å²) in [4.78, 5) is 0. The lowest BCUT2D eigenvalue weighted by molar-refractivity contribution is 0.346. The lowest BCUT2D eigenvalue weighted by Crippen LogP contribution is -2.43. The van der Waals surface area contributed by atoms with Crippen LogP contribution in [0.1, 0.15) is 113 Å². The molecule has 0 saturated heterocycles. The normalized spacial score (nSPS) is 20.3. The highest BCUT2D eigenvalue weighted by Gasteiger charge is 2.49. The van der Waals surface area contributed by atoms with Gasteiger partial charge in [0.25, 0.3) is 0 Å². The molecule has 0 aliphatic heterocycles. The number of hydrogen-bond acceptors (Lipinski definition) is 2. The predicted molar refractivity (Wildman–Crippen MR) is 201 cm³/mol. The third-order valence-corrected chi connectivity index (χ3v) is 14.8. The van der Waals surface area contributed by atoms with Crippen molar-refractivity contribution in [2.24, 2.45) is 10.8 Å². The van der Waals surface area contributed by atoms with Crippen LogP contribution in [0.25, 0.3) is 11.1 Å². The van der Waals surface area contributed by atoms with Gasteiger partial charge in [-0.15, -0.1) is 0 Å². The van der Waals surface area contributed by atoms with Crippen molar-refractivity contribution < 1.29 is 9.47 Å². The van der Waals surface area contributed by atoms with Crippen molar-refractivity contribution in [1.82, 2.24) is 0 Å². The van der Waals surface area contributed by atoms with Crippen LogP contribution in [-0.4, -0.2) is 22.5 Å². The Morgan fingerprint density at radius 3 is 2.15 bits per heavy atom. The molecule has 3 aliphatic carbocycles. The molecule has 0 N–H and O–H groups in total. The Bertz CT molecular complexity index is 1730. The molecule has 0 amide bonds. The van der Waals surface area contributed by atoms with Gasteiger partial charge in [0.15, 0.2) is 0 Å². The standard InChI is InChI=1S/C43H60O2Si/c1-15-22-45-38-32(24-28(44-14)25-34(38)41(7,8)9)36-29-19-18-27(40(4,5)6)23-31(29)35-37(43(36,12)13)30-20-21-42(10,11)26-33(30)39(35)46(16-2)17-3/h15,18-19,23-26,39,46H,1,16-17,20-22H2,2-14H3. The molecule has 0 radical (unpaired) electrons.